The molecule has 4 rings (SSSR count). The molecule has 3 N–H and O–H groups in total. The highest BCUT2D eigenvalue weighted by Gasteiger charge is 2.28. The van der Waals surface area contributed by atoms with Crippen LogP contribution in [0, 0.1) is 17.2 Å². The lowest BCUT2D eigenvalue weighted by molar-refractivity contribution is -0.00177. The molecule has 1 amide bonds. The van der Waals surface area contributed by atoms with Gasteiger partial charge in [0, 0.05) is 18.5 Å². The summed E-state index contributed by atoms with van der Waals surface area (Å²) in [6.45, 7) is 2.31. The maximum absolute atomic E-state index is 14.3. The summed E-state index contributed by atoms with van der Waals surface area (Å²) >= 11 is 0. The van der Waals surface area contributed by atoms with E-state index in [0.717, 1.165) is 25.7 Å². The predicted molar refractivity (Wildman–Crippen MR) is 146 cm³/mol. The molecule has 10 nitrogen and oxygen atoms in total. The molecule has 12 heteroatoms. The fourth-order valence-corrected chi connectivity index (χ4v) is 5.99. The second-order valence-corrected chi connectivity index (χ2v) is 13.0. The average molecular weight is 557 g/mol. The Balaban J connectivity index is 1.61. The highest BCUT2D eigenvalue weighted by Crippen LogP contribution is 2.31. The van der Waals surface area contributed by atoms with Crippen LogP contribution >= 0.6 is 0 Å². The number of nitriles is 1. The fourth-order valence-electron chi connectivity index (χ4n) is 4.80. The molecule has 1 saturated carbocycles. The van der Waals surface area contributed by atoms with Crippen LogP contribution in [0.5, 0.6) is 0 Å². The Morgan fingerprint density at radius 2 is 1.97 bits per heavy atom. The highest BCUT2D eigenvalue weighted by atomic mass is 32.2. The summed E-state index contributed by atoms with van der Waals surface area (Å²) in [5.41, 5.74) is 1.47. The largest absolute Gasteiger partial charge is 0.387 e. The summed E-state index contributed by atoms with van der Waals surface area (Å²) in [5.74, 6) is -0.264. The number of alkyl halides is 1. The molecule has 3 aromatic rings. The quantitative estimate of drug-likeness (QED) is 0.364. The third-order valence-corrected chi connectivity index (χ3v) is 8.07. The maximum Gasteiger partial charge on any atom is 0.255 e. The van der Waals surface area contributed by atoms with Crippen molar-refractivity contribution in [2.24, 2.45) is 5.92 Å². The third-order valence-electron chi connectivity index (χ3n) is 6.99. The molecule has 39 heavy (non-hydrogen) atoms. The van der Waals surface area contributed by atoms with E-state index in [4.69, 9.17) is 5.26 Å². The summed E-state index contributed by atoms with van der Waals surface area (Å²) < 4.78 is 39.4. The number of hydrogen-bond donors (Lipinski definition) is 3. The topological polar surface area (TPSA) is 149 Å². The van der Waals surface area contributed by atoms with Crippen LogP contribution in [0.1, 0.15) is 55.5 Å². The number of anilines is 1. The van der Waals surface area contributed by atoms with E-state index < -0.39 is 27.5 Å². The predicted octanol–water partition coefficient (Wildman–Crippen LogP) is 3.12. The van der Waals surface area contributed by atoms with Crippen LogP contribution < -0.4 is 10.6 Å². The van der Waals surface area contributed by atoms with E-state index in [-0.39, 0.29) is 29.8 Å². The van der Waals surface area contributed by atoms with Crippen molar-refractivity contribution < 1.29 is 22.7 Å². The van der Waals surface area contributed by atoms with E-state index in [1.54, 1.807) is 16.6 Å². The van der Waals surface area contributed by atoms with Gasteiger partial charge in [-0.15, -0.1) is 0 Å². The van der Waals surface area contributed by atoms with Crippen LogP contribution in [0.25, 0.3) is 16.9 Å². The minimum Gasteiger partial charge on any atom is -0.387 e. The zero-order chi connectivity index (χ0) is 28.4. The Morgan fingerprint density at radius 3 is 2.62 bits per heavy atom. The summed E-state index contributed by atoms with van der Waals surface area (Å²) in [7, 11) is -3.05. The molecule has 1 fully saturated rings. The number of pyridine rings is 1. The lowest BCUT2D eigenvalue weighted by Crippen LogP contribution is -2.42. The van der Waals surface area contributed by atoms with E-state index >= 15 is 0 Å². The monoisotopic (exact) mass is 556 g/mol. The minimum atomic E-state index is -3.05. The van der Waals surface area contributed by atoms with Gasteiger partial charge in [0.1, 0.15) is 22.1 Å². The van der Waals surface area contributed by atoms with Gasteiger partial charge in [0.05, 0.1) is 57.8 Å². The van der Waals surface area contributed by atoms with Gasteiger partial charge in [-0.1, -0.05) is 0 Å². The molecule has 3 aromatic heterocycles. The first-order valence-electron chi connectivity index (χ1n) is 12.8. The van der Waals surface area contributed by atoms with Gasteiger partial charge >= 0.3 is 0 Å². The second kappa shape index (κ2) is 11.3. The fraction of sp³-hybridized carbons (Fsp3) is 0.481. The first kappa shape index (κ1) is 28.4. The van der Waals surface area contributed by atoms with Crippen LogP contribution in [0.3, 0.4) is 0 Å². The normalized spacial score (nSPS) is 18.9. The Morgan fingerprint density at radius 1 is 1.26 bits per heavy atom. The van der Waals surface area contributed by atoms with Gasteiger partial charge in [-0.3, -0.25) is 9.78 Å². The number of nitrogens with zero attached hydrogens (tertiary/aromatic N) is 4. The molecule has 0 aromatic carbocycles. The maximum atomic E-state index is 14.3. The van der Waals surface area contributed by atoms with Crippen LogP contribution in [-0.4, -0.2) is 70.4 Å². The van der Waals surface area contributed by atoms with Gasteiger partial charge in [0.15, 0.2) is 0 Å². The molecule has 1 aliphatic rings. The highest BCUT2D eigenvalue weighted by molar-refractivity contribution is 7.90. The second-order valence-electron chi connectivity index (χ2n) is 10.8. The number of amides is 1. The molecular formula is C27H33FN6O4S. The van der Waals surface area contributed by atoms with Gasteiger partial charge in [-0.05, 0) is 69.7 Å². The molecule has 0 radical (unpaired) electrons. The molecule has 3 heterocycles. The molecule has 0 aliphatic heterocycles. The van der Waals surface area contributed by atoms with E-state index in [1.165, 1.54) is 32.5 Å². The minimum absolute atomic E-state index is 0.00767. The number of hydrogen-bond acceptors (Lipinski definition) is 8. The van der Waals surface area contributed by atoms with Crippen LogP contribution in [-0.2, 0) is 9.84 Å². The summed E-state index contributed by atoms with van der Waals surface area (Å²) in [4.78, 5) is 17.6. The number of halogens is 1. The average Bonchev–Trinajstić information content (AvgIpc) is 3.30. The number of carbonyl (C=O) groups is 1. The van der Waals surface area contributed by atoms with E-state index in [2.05, 4.69) is 26.8 Å². The number of aromatic nitrogens is 3. The zero-order valence-corrected chi connectivity index (χ0v) is 23.0. The van der Waals surface area contributed by atoms with Crippen molar-refractivity contribution in [2.75, 3.05) is 23.9 Å². The number of sulfone groups is 1. The Labute approximate surface area is 227 Å². The van der Waals surface area contributed by atoms with E-state index in [9.17, 15) is 22.7 Å². The number of carbonyl (C=O) groups excluding carboxylic acids is 1. The van der Waals surface area contributed by atoms with Crippen molar-refractivity contribution in [3.05, 3.63) is 47.8 Å². The lowest BCUT2D eigenvalue weighted by Gasteiger charge is -2.30. The van der Waals surface area contributed by atoms with Crippen molar-refractivity contribution >= 4 is 26.9 Å². The molecule has 1 aliphatic carbocycles. The number of fused-ring (bicyclic) bond motifs is 1. The van der Waals surface area contributed by atoms with Crippen LogP contribution in [0.2, 0.25) is 0 Å². The molecule has 0 unspecified atom stereocenters. The van der Waals surface area contributed by atoms with Gasteiger partial charge < -0.3 is 15.7 Å². The van der Waals surface area contributed by atoms with E-state index in [1.807, 2.05) is 12.1 Å². The molecule has 1 atom stereocenters. The molecule has 0 saturated heterocycles. The first-order chi connectivity index (χ1) is 18.3. The number of rotatable bonds is 9. The van der Waals surface area contributed by atoms with Crippen molar-refractivity contribution in [3.63, 3.8) is 0 Å². The van der Waals surface area contributed by atoms with Crippen LogP contribution in [0.15, 0.2) is 36.7 Å². The zero-order valence-electron chi connectivity index (χ0n) is 22.2. The van der Waals surface area contributed by atoms with E-state index in [0.29, 0.717) is 28.2 Å². The third kappa shape index (κ3) is 7.10. The summed E-state index contributed by atoms with van der Waals surface area (Å²) in [6.07, 6.45) is 5.42. The molecular weight excluding hydrogens is 523 g/mol. The summed E-state index contributed by atoms with van der Waals surface area (Å²) in [5, 5.41) is 29.4. The van der Waals surface area contributed by atoms with Crippen molar-refractivity contribution in [3.8, 4) is 17.5 Å². The van der Waals surface area contributed by atoms with Crippen molar-refractivity contribution in [1.29, 1.82) is 5.26 Å². The van der Waals surface area contributed by atoms with Gasteiger partial charge in [-0.2, -0.15) is 10.4 Å². The summed E-state index contributed by atoms with van der Waals surface area (Å²) in [6, 6.07) is 9.16. The first-order valence-corrected chi connectivity index (χ1v) is 14.9. The van der Waals surface area contributed by atoms with Crippen molar-refractivity contribution in [2.45, 2.75) is 57.3 Å². The molecule has 0 spiro atoms. The number of aliphatic hydroxyl groups is 1. The standard InChI is InChI=1S/C27H33FN6O4S/c1-27(2,36)25(28)15-31-26(35)21-14-30-23(24-9-8-20-10-18(12-29)13-32-34(20)24)11-22(21)33-19-6-4-17(5-7-19)16-39(3,37)38/h8-11,13-14,17,19,25,36H,4-7,15-16H2,1-3H3,(H,30,33)(H,31,35)/t17?,19?,25-/m1/s1. The van der Waals surface area contributed by atoms with Gasteiger partial charge in [0.25, 0.3) is 5.91 Å². The van der Waals surface area contributed by atoms with Gasteiger partial charge in [-0.25, -0.2) is 17.3 Å². The molecule has 0 bridgehead atoms. The van der Waals surface area contributed by atoms with Gasteiger partial charge in [0.2, 0.25) is 0 Å². The Bertz CT molecular complexity index is 1500. The SMILES string of the molecule is CC(C)(O)[C@H](F)CNC(=O)c1cnc(-c2ccc3cc(C#N)cnn23)cc1NC1CCC(CS(C)(=O)=O)CC1. The van der Waals surface area contributed by atoms with Crippen LogP contribution in [0.4, 0.5) is 10.1 Å². The number of nitrogens with one attached hydrogen (secondary N) is 2. The Kier molecular flexibility index (Phi) is 8.23. The smallest absolute Gasteiger partial charge is 0.255 e. The van der Waals surface area contributed by atoms with Crippen molar-refractivity contribution in [1.82, 2.24) is 19.9 Å². The Hall–Kier alpha value is -3.56. The molecule has 208 valence electrons. The lowest BCUT2D eigenvalue weighted by atomic mass is 9.87.